The van der Waals surface area contributed by atoms with Gasteiger partial charge in [0.05, 0.1) is 25.0 Å². The van der Waals surface area contributed by atoms with E-state index in [-0.39, 0.29) is 18.1 Å². The van der Waals surface area contributed by atoms with Gasteiger partial charge in [-0.1, -0.05) is 0 Å². The average Bonchev–Trinajstić information content (AvgIpc) is 3.04. The number of amides is 1. The number of morpholine rings is 1. The molecular weight excluding hydrogens is 282 g/mol. The highest BCUT2D eigenvalue weighted by Gasteiger charge is 2.43. The summed E-state index contributed by atoms with van der Waals surface area (Å²) in [6, 6.07) is 3.66. The molecule has 0 aromatic carbocycles. The molecule has 1 aromatic heterocycles. The molecule has 0 radical (unpaired) electrons. The van der Waals surface area contributed by atoms with E-state index in [2.05, 4.69) is 0 Å². The van der Waals surface area contributed by atoms with E-state index < -0.39 is 0 Å². The molecule has 4 rings (SSSR count). The Morgan fingerprint density at radius 1 is 1.27 bits per heavy atom. The van der Waals surface area contributed by atoms with Crippen molar-refractivity contribution >= 4 is 5.91 Å². The van der Waals surface area contributed by atoms with E-state index in [0.29, 0.717) is 24.8 Å². The minimum atomic E-state index is -0.0113. The van der Waals surface area contributed by atoms with E-state index in [1.807, 2.05) is 4.90 Å². The first kappa shape index (κ1) is 14.3. The molecule has 0 spiro atoms. The number of carbonyl (C=O) groups excluding carboxylic acids is 1. The summed E-state index contributed by atoms with van der Waals surface area (Å²) in [4.78, 5) is 14.5. The number of carbonyl (C=O) groups is 1. The molecule has 2 saturated carbocycles. The Bertz CT molecular complexity index is 511. The standard InChI is InChI=1S/C17H23NO4/c19-17(15-2-1-6-21-15)18-5-7-22-16-9-13(8-14(16)18)11-20-10-12-3-4-12/h1-2,6,12-14,16H,3-5,7-11H2/t13?,14-,16-/m1/s1. The molecule has 0 N–H and O–H groups in total. The number of nitrogens with zero attached hydrogens (tertiary/aromatic N) is 1. The van der Waals surface area contributed by atoms with Crippen molar-refractivity contribution in [2.75, 3.05) is 26.4 Å². The van der Waals surface area contributed by atoms with Gasteiger partial charge in [-0.3, -0.25) is 4.79 Å². The maximum atomic E-state index is 12.6. The summed E-state index contributed by atoms with van der Waals surface area (Å²) in [5.41, 5.74) is 0. The van der Waals surface area contributed by atoms with Gasteiger partial charge < -0.3 is 18.8 Å². The molecule has 1 aromatic rings. The van der Waals surface area contributed by atoms with Gasteiger partial charge >= 0.3 is 0 Å². The van der Waals surface area contributed by atoms with E-state index in [1.165, 1.54) is 12.8 Å². The van der Waals surface area contributed by atoms with Crippen LogP contribution in [0.15, 0.2) is 22.8 Å². The molecule has 3 atom stereocenters. The second-order valence-corrected chi connectivity index (χ2v) is 6.77. The van der Waals surface area contributed by atoms with Crippen LogP contribution in [0.3, 0.4) is 0 Å². The van der Waals surface area contributed by atoms with Gasteiger partial charge in [-0.25, -0.2) is 0 Å². The maximum Gasteiger partial charge on any atom is 0.289 e. The number of rotatable bonds is 5. The molecule has 1 unspecified atom stereocenters. The molecule has 5 heteroatoms. The molecule has 22 heavy (non-hydrogen) atoms. The zero-order chi connectivity index (χ0) is 14.9. The molecule has 3 fully saturated rings. The second-order valence-electron chi connectivity index (χ2n) is 6.77. The summed E-state index contributed by atoms with van der Waals surface area (Å²) < 4.78 is 17.0. The van der Waals surface area contributed by atoms with Crippen LogP contribution < -0.4 is 0 Å². The predicted octanol–water partition coefficient (Wildman–Crippen LogP) is 2.33. The third kappa shape index (κ3) is 2.92. The zero-order valence-electron chi connectivity index (χ0n) is 12.8. The molecule has 2 heterocycles. The van der Waals surface area contributed by atoms with Crippen molar-refractivity contribution in [2.45, 2.75) is 37.8 Å². The number of hydrogen-bond donors (Lipinski definition) is 0. The van der Waals surface area contributed by atoms with Crippen LogP contribution >= 0.6 is 0 Å². The highest BCUT2D eigenvalue weighted by molar-refractivity contribution is 5.91. The van der Waals surface area contributed by atoms with Gasteiger partial charge in [0.1, 0.15) is 0 Å². The highest BCUT2D eigenvalue weighted by Crippen LogP contribution is 2.36. The van der Waals surface area contributed by atoms with Crippen molar-refractivity contribution in [3.63, 3.8) is 0 Å². The lowest BCUT2D eigenvalue weighted by molar-refractivity contribution is -0.0458. The second kappa shape index (κ2) is 6.05. The highest BCUT2D eigenvalue weighted by atomic mass is 16.5. The first-order chi connectivity index (χ1) is 10.8. The van der Waals surface area contributed by atoms with Crippen molar-refractivity contribution < 1.29 is 18.7 Å². The fourth-order valence-corrected chi connectivity index (χ4v) is 3.67. The van der Waals surface area contributed by atoms with Crippen LogP contribution in [0.1, 0.15) is 36.2 Å². The number of ether oxygens (including phenoxy) is 2. The smallest absolute Gasteiger partial charge is 0.289 e. The third-order valence-corrected chi connectivity index (χ3v) is 5.03. The fraction of sp³-hybridized carbons (Fsp3) is 0.706. The third-order valence-electron chi connectivity index (χ3n) is 5.03. The summed E-state index contributed by atoms with van der Waals surface area (Å²) in [5.74, 6) is 1.72. The summed E-state index contributed by atoms with van der Waals surface area (Å²) in [7, 11) is 0. The van der Waals surface area contributed by atoms with Crippen molar-refractivity contribution in [3.8, 4) is 0 Å². The molecule has 0 bridgehead atoms. The largest absolute Gasteiger partial charge is 0.459 e. The van der Waals surface area contributed by atoms with Crippen molar-refractivity contribution in [1.82, 2.24) is 4.90 Å². The minimum absolute atomic E-state index is 0.0113. The van der Waals surface area contributed by atoms with Crippen LogP contribution in [-0.4, -0.2) is 49.3 Å². The monoisotopic (exact) mass is 305 g/mol. The van der Waals surface area contributed by atoms with E-state index in [1.54, 1.807) is 18.4 Å². The maximum absolute atomic E-state index is 12.6. The fourth-order valence-electron chi connectivity index (χ4n) is 3.67. The molecule has 5 nitrogen and oxygen atoms in total. The van der Waals surface area contributed by atoms with Gasteiger partial charge in [-0.2, -0.15) is 0 Å². The quantitative estimate of drug-likeness (QED) is 0.838. The number of hydrogen-bond acceptors (Lipinski definition) is 4. The van der Waals surface area contributed by atoms with Gasteiger partial charge in [-0.15, -0.1) is 0 Å². The van der Waals surface area contributed by atoms with Gasteiger partial charge in [0, 0.05) is 19.8 Å². The van der Waals surface area contributed by atoms with Crippen molar-refractivity contribution in [2.24, 2.45) is 11.8 Å². The molecule has 1 saturated heterocycles. The Labute approximate surface area is 130 Å². The lowest BCUT2D eigenvalue weighted by Gasteiger charge is -2.37. The Balaban J connectivity index is 1.36. The van der Waals surface area contributed by atoms with Crippen LogP contribution in [0.4, 0.5) is 0 Å². The van der Waals surface area contributed by atoms with E-state index >= 15 is 0 Å². The van der Waals surface area contributed by atoms with E-state index in [0.717, 1.165) is 32.0 Å². The molecule has 1 aliphatic heterocycles. The topological polar surface area (TPSA) is 51.9 Å². The van der Waals surface area contributed by atoms with Gasteiger partial charge in [0.25, 0.3) is 5.91 Å². The minimum Gasteiger partial charge on any atom is -0.459 e. The SMILES string of the molecule is O=C(c1ccco1)N1CCO[C@@H]2CC(COCC3CC3)C[C@H]21. The van der Waals surface area contributed by atoms with Crippen LogP contribution in [0, 0.1) is 11.8 Å². The van der Waals surface area contributed by atoms with Crippen LogP contribution in [0.2, 0.25) is 0 Å². The van der Waals surface area contributed by atoms with Gasteiger partial charge in [0.2, 0.25) is 0 Å². The molecular formula is C17H23NO4. The Kier molecular flexibility index (Phi) is 3.92. The first-order valence-corrected chi connectivity index (χ1v) is 8.35. The Morgan fingerprint density at radius 3 is 2.91 bits per heavy atom. The van der Waals surface area contributed by atoms with Gasteiger partial charge in [-0.05, 0) is 49.7 Å². The van der Waals surface area contributed by atoms with Crippen molar-refractivity contribution in [1.29, 1.82) is 0 Å². The zero-order valence-corrected chi connectivity index (χ0v) is 12.8. The molecule has 120 valence electrons. The summed E-state index contributed by atoms with van der Waals surface area (Å²) >= 11 is 0. The van der Waals surface area contributed by atoms with Crippen molar-refractivity contribution in [3.05, 3.63) is 24.2 Å². The summed E-state index contributed by atoms with van der Waals surface area (Å²) in [5, 5.41) is 0. The molecule has 2 aliphatic carbocycles. The normalized spacial score (nSPS) is 31.3. The Hall–Kier alpha value is -1.33. The van der Waals surface area contributed by atoms with Crippen LogP contribution in [-0.2, 0) is 9.47 Å². The number of fused-ring (bicyclic) bond motifs is 1. The summed E-state index contributed by atoms with van der Waals surface area (Å²) in [6.45, 7) is 2.97. The van der Waals surface area contributed by atoms with Gasteiger partial charge in [0.15, 0.2) is 5.76 Å². The van der Waals surface area contributed by atoms with E-state index in [9.17, 15) is 4.79 Å². The predicted molar refractivity (Wildman–Crippen MR) is 79.5 cm³/mol. The summed E-state index contributed by atoms with van der Waals surface area (Å²) in [6.07, 6.45) is 6.32. The first-order valence-electron chi connectivity index (χ1n) is 8.35. The molecule has 1 amide bonds. The molecule has 3 aliphatic rings. The van der Waals surface area contributed by atoms with Crippen LogP contribution in [0.5, 0.6) is 0 Å². The average molecular weight is 305 g/mol. The Morgan fingerprint density at radius 2 is 2.14 bits per heavy atom. The lowest BCUT2D eigenvalue weighted by Crippen LogP contribution is -2.51. The van der Waals surface area contributed by atoms with E-state index in [4.69, 9.17) is 13.9 Å². The van der Waals surface area contributed by atoms with Crippen LogP contribution in [0.25, 0.3) is 0 Å². The number of furan rings is 1. The lowest BCUT2D eigenvalue weighted by atomic mass is 10.1.